The number of likely N-dealkylation sites (tertiary alicyclic amines) is 1. The number of aromatic nitrogens is 2. The first kappa shape index (κ1) is 42.7. The van der Waals surface area contributed by atoms with Gasteiger partial charge >= 0.3 is 0 Å². The first-order chi connectivity index (χ1) is 23.4. The van der Waals surface area contributed by atoms with Crippen LogP contribution in [0, 0.1) is 23.6 Å². The van der Waals surface area contributed by atoms with Crippen molar-refractivity contribution < 1.29 is 28.2 Å². The summed E-state index contributed by atoms with van der Waals surface area (Å²) < 4.78 is 23.7. The molecule has 0 saturated carbocycles. The van der Waals surface area contributed by atoms with Crippen molar-refractivity contribution in [1.82, 2.24) is 14.9 Å². The van der Waals surface area contributed by atoms with Gasteiger partial charge in [0.15, 0.2) is 5.78 Å². The molecule has 4 rings (SSSR count). The van der Waals surface area contributed by atoms with Gasteiger partial charge in [-0.1, -0.05) is 48.0 Å². The molecule has 1 fully saturated rings. The molecule has 2 amide bonds. The average Bonchev–Trinajstić information content (AvgIpc) is 3.48. The van der Waals surface area contributed by atoms with E-state index < -0.39 is 5.92 Å². The van der Waals surface area contributed by atoms with Gasteiger partial charge in [-0.2, -0.15) is 0 Å². The van der Waals surface area contributed by atoms with Crippen molar-refractivity contribution in [3.8, 4) is 0 Å². The van der Waals surface area contributed by atoms with Gasteiger partial charge in [0.1, 0.15) is 17.5 Å². The van der Waals surface area contributed by atoms with Gasteiger partial charge in [0, 0.05) is 70.7 Å². The molecule has 1 saturated heterocycles. The molecule has 3 heterocycles. The summed E-state index contributed by atoms with van der Waals surface area (Å²) >= 11 is 0. The minimum absolute atomic E-state index is 0.0417. The number of amides is 2. The zero-order valence-electron chi connectivity index (χ0n) is 32.4. The van der Waals surface area contributed by atoms with Crippen LogP contribution in [0.25, 0.3) is 0 Å². The van der Waals surface area contributed by atoms with E-state index in [1.165, 1.54) is 18.6 Å². The minimum Gasteiger partial charge on any atom is -0.385 e. The Hall–Kier alpha value is -3.44. The fourth-order valence-electron chi connectivity index (χ4n) is 5.35. The van der Waals surface area contributed by atoms with E-state index in [1.807, 2.05) is 41.5 Å². The number of nitrogens with zero attached hydrogens (tertiary/aromatic N) is 4. The summed E-state index contributed by atoms with van der Waals surface area (Å²) in [7, 11) is 3.35. The number of hydrogen-bond acceptors (Lipinski definition) is 8. The highest BCUT2D eigenvalue weighted by Crippen LogP contribution is 2.33. The Morgan fingerprint density at radius 1 is 1.12 bits per heavy atom. The Labute approximate surface area is 299 Å². The summed E-state index contributed by atoms with van der Waals surface area (Å²) in [6, 6.07) is 4.47. The lowest BCUT2D eigenvalue weighted by atomic mass is 9.84. The monoisotopic (exact) mass is 699 g/mol. The van der Waals surface area contributed by atoms with E-state index in [0.29, 0.717) is 62.8 Å². The maximum atomic E-state index is 13.7. The zero-order valence-corrected chi connectivity index (χ0v) is 32.4. The summed E-state index contributed by atoms with van der Waals surface area (Å²) in [4.78, 5) is 51.2. The molecule has 2 aliphatic heterocycles. The number of methoxy groups -OCH3 is 2. The topological polar surface area (TPSA) is 114 Å². The number of halogens is 1. The number of benzene rings is 1. The Morgan fingerprint density at radius 2 is 1.78 bits per heavy atom. The van der Waals surface area contributed by atoms with Gasteiger partial charge < -0.3 is 24.6 Å². The molecule has 0 spiro atoms. The van der Waals surface area contributed by atoms with Gasteiger partial charge in [0.2, 0.25) is 12.3 Å². The van der Waals surface area contributed by atoms with E-state index in [2.05, 4.69) is 36.1 Å². The number of piperidine rings is 1. The number of fused-ring (bicyclic) bond motifs is 1. The molecule has 2 unspecified atom stereocenters. The molecule has 0 radical (unpaired) electrons. The summed E-state index contributed by atoms with van der Waals surface area (Å²) in [5.41, 5.74) is 1.69. The van der Waals surface area contributed by atoms with Gasteiger partial charge in [0.05, 0.1) is 17.1 Å². The maximum Gasteiger partial charge on any atom is 0.231 e. The predicted molar refractivity (Wildman–Crippen MR) is 198 cm³/mol. The van der Waals surface area contributed by atoms with E-state index in [1.54, 1.807) is 36.3 Å². The Bertz CT molecular complexity index is 1390. The van der Waals surface area contributed by atoms with E-state index in [9.17, 15) is 18.8 Å². The Balaban J connectivity index is 0.000000684. The number of ether oxygens (including phenoxy) is 2. The lowest BCUT2D eigenvalue weighted by molar-refractivity contribution is -0.128. The molecule has 0 bridgehead atoms. The third kappa shape index (κ3) is 13.7. The molecular formula is C39H62FN5O5. The second-order valence-corrected chi connectivity index (χ2v) is 15.6. The zero-order chi connectivity index (χ0) is 37.6. The summed E-state index contributed by atoms with van der Waals surface area (Å²) in [5.74, 6) is 0.835. The third-order valence-electron chi connectivity index (χ3n) is 8.75. The van der Waals surface area contributed by atoms with Crippen LogP contribution in [0.15, 0.2) is 24.4 Å². The van der Waals surface area contributed by atoms with Gasteiger partial charge in [0.25, 0.3) is 0 Å². The Kier molecular flexibility index (Phi) is 16.9. The molecule has 0 aliphatic carbocycles. The lowest BCUT2D eigenvalue weighted by Gasteiger charge is -2.36. The summed E-state index contributed by atoms with van der Waals surface area (Å²) in [5, 5.41) is 3.27. The molecule has 2 atom stereocenters. The fraction of sp³-hybridized carbons (Fsp3) is 0.667. The molecule has 50 heavy (non-hydrogen) atoms. The standard InChI is InChI=1S/C29H38FN5O4.C5H12O.C5H12/c1-29(2,3)28-32-15-23(26(33-28)31-9-5-11-39-4)25(37)13-19-12-21(17-34(16-19)18-36)27(38)35-10-8-20-14-22(30)6-7-24(20)35;1-5(2,3)6-4;1-4-5(2)3/h6-7,14-15,18-19,21H,5,8-13,16-17H2,1-4H3,(H,31,32,33);1-4H3;5H,4H2,1-3H3. The molecule has 1 aromatic heterocycles. The van der Waals surface area contributed by atoms with E-state index in [-0.39, 0.29) is 40.9 Å². The molecular weight excluding hydrogens is 637 g/mol. The van der Waals surface area contributed by atoms with Gasteiger partial charge in [-0.15, -0.1) is 0 Å². The van der Waals surface area contributed by atoms with Crippen molar-refractivity contribution in [2.75, 3.05) is 57.2 Å². The van der Waals surface area contributed by atoms with Crippen molar-refractivity contribution in [3.05, 3.63) is 47.2 Å². The highest BCUT2D eigenvalue weighted by Gasteiger charge is 2.37. The smallest absolute Gasteiger partial charge is 0.231 e. The van der Waals surface area contributed by atoms with Crippen LogP contribution in [0.2, 0.25) is 0 Å². The van der Waals surface area contributed by atoms with Crippen LogP contribution in [0.3, 0.4) is 0 Å². The number of carbonyl (C=O) groups is 3. The van der Waals surface area contributed by atoms with Crippen LogP contribution >= 0.6 is 0 Å². The SMILES string of the molecule is CCC(C)C.COC(C)(C)C.COCCCNc1nc(C(C)(C)C)ncc1C(=O)CC1CC(C(=O)N2CCc3cc(F)ccc32)CN(C=O)C1. The van der Waals surface area contributed by atoms with E-state index in [0.717, 1.165) is 30.0 Å². The normalized spacial score (nSPS) is 17.3. The fourth-order valence-corrected chi connectivity index (χ4v) is 5.35. The summed E-state index contributed by atoms with van der Waals surface area (Å²) in [6.45, 7) is 21.1. The van der Waals surface area contributed by atoms with Crippen LogP contribution in [0.5, 0.6) is 0 Å². The average molecular weight is 700 g/mol. The number of nitrogens with one attached hydrogen (secondary N) is 1. The van der Waals surface area contributed by atoms with Crippen molar-refractivity contribution >= 4 is 29.6 Å². The van der Waals surface area contributed by atoms with Gasteiger partial charge in [-0.3, -0.25) is 14.4 Å². The summed E-state index contributed by atoms with van der Waals surface area (Å²) in [6.07, 6.45) is 5.63. The number of Topliss-reactive ketones (excluding diaryl/α,β-unsaturated/α-hetero) is 1. The highest BCUT2D eigenvalue weighted by molar-refractivity contribution is 6.00. The quantitative estimate of drug-likeness (QED) is 0.150. The van der Waals surface area contributed by atoms with Crippen molar-refractivity contribution in [1.29, 1.82) is 0 Å². The van der Waals surface area contributed by atoms with Gasteiger partial charge in [-0.05, 0) is 75.6 Å². The molecule has 11 heteroatoms. The predicted octanol–water partition coefficient (Wildman–Crippen LogP) is 7.10. The molecule has 2 aromatic rings. The van der Waals surface area contributed by atoms with E-state index in [4.69, 9.17) is 9.47 Å². The number of rotatable bonds is 11. The maximum absolute atomic E-state index is 13.7. The van der Waals surface area contributed by atoms with Crippen LogP contribution in [-0.2, 0) is 30.9 Å². The van der Waals surface area contributed by atoms with E-state index >= 15 is 0 Å². The molecule has 1 aromatic carbocycles. The second-order valence-electron chi connectivity index (χ2n) is 15.6. The van der Waals surface area contributed by atoms with Crippen LogP contribution in [-0.4, -0.2) is 85.6 Å². The first-order valence-electron chi connectivity index (χ1n) is 17.9. The van der Waals surface area contributed by atoms with Crippen LogP contribution in [0.4, 0.5) is 15.9 Å². The van der Waals surface area contributed by atoms with Crippen molar-refractivity contribution in [2.45, 2.75) is 105 Å². The molecule has 2 aliphatic rings. The van der Waals surface area contributed by atoms with Crippen molar-refractivity contribution in [3.63, 3.8) is 0 Å². The van der Waals surface area contributed by atoms with Crippen LogP contribution in [0.1, 0.15) is 110 Å². The molecule has 1 N–H and O–H groups in total. The number of ketones is 1. The first-order valence-corrected chi connectivity index (χ1v) is 17.9. The third-order valence-corrected chi connectivity index (χ3v) is 8.75. The second kappa shape index (κ2) is 19.8. The lowest BCUT2D eigenvalue weighted by Crippen LogP contribution is -2.47. The molecule has 10 nitrogen and oxygen atoms in total. The number of anilines is 2. The van der Waals surface area contributed by atoms with Crippen molar-refractivity contribution in [2.24, 2.45) is 17.8 Å². The van der Waals surface area contributed by atoms with Crippen LogP contribution < -0.4 is 10.2 Å². The van der Waals surface area contributed by atoms with Gasteiger partial charge in [-0.25, -0.2) is 14.4 Å². The number of carbonyl (C=O) groups excluding carboxylic acids is 3. The number of hydrogen-bond donors (Lipinski definition) is 1. The largest absolute Gasteiger partial charge is 0.385 e. The highest BCUT2D eigenvalue weighted by atomic mass is 19.1. The Morgan fingerprint density at radius 3 is 2.34 bits per heavy atom. The molecule has 280 valence electrons. The minimum atomic E-state index is -0.441.